The summed E-state index contributed by atoms with van der Waals surface area (Å²) >= 11 is 0. The number of carbonyl (C=O) groups is 1. The average Bonchev–Trinajstić information content (AvgIpc) is 2.95. The van der Waals surface area contributed by atoms with E-state index >= 15 is 0 Å². The minimum Gasteiger partial charge on any atom is -0.348 e. The van der Waals surface area contributed by atoms with Crippen LogP contribution in [0.15, 0.2) is 36.5 Å². The fourth-order valence-electron chi connectivity index (χ4n) is 2.05. The summed E-state index contributed by atoms with van der Waals surface area (Å²) in [6.07, 6.45) is 1.80. The third-order valence-electron chi connectivity index (χ3n) is 3.41. The maximum atomic E-state index is 13.3. The molecular weight excluding hydrogens is 283 g/mol. The molecule has 1 heterocycles. The summed E-state index contributed by atoms with van der Waals surface area (Å²) in [7, 11) is 3.49. The molecule has 0 spiro atoms. The van der Waals surface area contributed by atoms with Gasteiger partial charge in [0.25, 0.3) is 0 Å². The van der Waals surface area contributed by atoms with Crippen molar-refractivity contribution in [1.82, 2.24) is 19.6 Å². The molecule has 6 heteroatoms. The van der Waals surface area contributed by atoms with Crippen molar-refractivity contribution in [3.63, 3.8) is 0 Å². The van der Waals surface area contributed by atoms with Gasteiger partial charge in [-0.25, -0.2) is 9.07 Å². The van der Waals surface area contributed by atoms with E-state index in [9.17, 15) is 9.18 Å². The van der Waals surface area contributed by atoms with Gasteiger partial charge < -0.3 is 4.90 Å². The zero-order valence-corrected chi connectivity index (χ0v) is 13.2. The van der Waals surface area contributed by atoms with E-state index < -0.39 is 0 Å². The first kappa shape index (κ1) is 16.2. The number of carbonyl (C=O) groups excluding carboxylic acids is 1. The van der Waals surface area contributed by atoms with Gasteiger partial charge in [0.2, 0.25) is 5.91 Å². The van der Waals surface area contributed by atoms with Crippen LogP contribution in [0.1, 0.15) is 12.6 Å². The van der Waals surface area contributed by atoms with Gasteiger partial charge in [-0.05, 0) is 30.8 Å². The van der Waals surface area contributed by atoms with Gasteiger partial charge in [-0.1, -0.05) is 13.0 Å². The van der Waals surface area contributed by atoms with Crippen LogP contribution in [-0.2, 0) is 11.3 Å². The molecule has 0 aliphatic rings. The van der Waals surface area contributed by atoms with Crippen LogP contribution in [-0.4, -0.2) is 52.7 Å². The first-order valence-electron chi connectivity index (χ1n) is 7.22. The number of likely N-dealkylation sites (N-methyl/N-ethyl adjacent to an activating group) is 2. The number of benzene rings is 1. The summed E-state index contributed by atoms with van der Waals surface area (Å²) in [4.78, 5) is 15.4. The molecule has 2 aromatic rings. The molecule has 118 valence electrons. The van der Waals surface area contributed by atoms with Crippen molar-refractivity contribution >= 4 is 5.91 Å². The Labute approximate surface area is 129 Å². The molecule has 2 rings (SSSR count). The van der Waals surface area contributed by atoms with Crippen molar-refractivity contribution in [2.45, 2.75) is 13.5 Å². The molecule has 0 unspecified atom stereocenters. The predicted molar refractivity (Wildman–Crippen MR) is 83.2 cm³/mol. The Morgan fingerprint density at radius 1 is 1.32 bits per heavy atom. The molecule has 0 aliphatic heterocycles. The van der Waals surface area contributed by atoms with Gasteiger partial charge in [0, 0.05) is 26.8 Å². The minimum absolute atomic E-state index is 0.0615. The Bertz CT molecular complexity index is 639. The van der Waals surface area contributed by atoms with Crippen LogP contribution in [0.25, 0.3) is 5.69 Å². The SMILES string of the molecule is CCN(CC(=O)N(C)C)Cc1ccn(-c2cccc(F)c2)n1. The lowest BCUT2D eigenvalue weighted by atomic mass is 10.3. The lowest BCUT2D eigenvalue weighted by Crippen LogP contribution is -2.36. The number of rotatable bonds is 6. The molecule has 0 radical (unpaired) electrons. The quantitative estimate of drug-likeness (QED) is 0.819. The first-order chi connectivity index (χ1) is 10.5. The fraction of sp³-hybridized carbons (Fsp3) is 0.375. The second-order valence-electron chi connectivity index (χ2n) is 5.32. The summed E-state index contributed by atoms with van der Waals surface area (Å²) in [5.74, 6) is -0.229. The minimum atomic E-state index is -0.290. The number of nitrogens with zero attached hydrogens (tertiary/aromatic N) is 4. The van der Waals surface area contributed by atoms with Crippen molar-refractivity contribution in [1.29, 1.82) is 0 Å². The smallest absolute Gasteiger partial charge is 0.236 e. The summed E-state index contributed by atoms with van der Waals surface area (Å²) < 4.78 is 14.9. The van der Waals surface area contributed by atoms with Crippen LogP contribution in [0.3, 0.4) is 0 Å². The van der Waals surface area contributed by atoms with Gasteiger partial charge in [0.1, 0.15) is 5.82 Å². The van der Waals surface area contributed by atoms with E-state index in [0.717, 1.165) is 12.2 Å². The number of aromatic nitrogens is 2. The van der Waals surface area contributed by atoms with Crippen LogP contribution in [0.5, 0.6) is 0 Å². The molecule has 1 aromatic heterocycles. The van der Waals surface area contributed by atoms with Gasteiger partial charge in [0.05, 0.1) is 17.9 Å². The summed E-state index contributed by atoms with van der Waals surface area (Å²) in [5, 5.41) is 4.44. The monoisotopic (exact) mass is 304 g/mol. The largest absolute Gasteiger partial charge is 0.348 e. The zero-order chi connectivity index (χ0) is 16.1. The van der Waals surface area contributed by atoms with E-state index in [1.165, 1.54) is 12.1 Å². The molecule has 0 N–H and O–H groups in total. The topological polar surface area (TPSA) is 41.4 Å². The predicted octanol–water partition coefficient (Wildman–Crippen LogP) is 1.92. The van der Waals surface area contributed by atoms with Crippen LogP contribution in [0.2, 0.25) is 0 Å². The van der Waals surface area contributed by atoms with Crippen molar-refractivity contribution in [2.24, 2.45) is 0 Å². The van der Waals surface area contributed by atoms with Crippen molar-refractivity contribution in [2.75, 3.05) is 27.2 Å². The highest BCUT2D eigenvalue weighted by atomic mass is 19.1. The van der Waals surface area contributed by atoms with Crippen LogP contribution in [0, 0.1) is 5.82 Å². The number of amides is 1. The molecule has 1 amide bonds. The Morgan fingerprint density at radius 2 is 2.09 bits per heavy atom. The van der Waals surface area contributed by atoms with E-state index in [1.54, 1.807) is 42.0 Å². The Hall–Kier alpha value is -2.21. The molecule has 22 heavy (non-hydrogen) atoms. The maximum absolute atomic E-state index is 13.3. The Morgan fingerprint density at radius 3 is 2.73 bits per heavy atom. The van der Waals surface area contributed by atoms with Gasteiger partial charge in [-0.2, -0.15) is 5.10 Å². The highest BCUT2D eigenvalue weighted by molar-refractivity contribution is 5.77. The van der Waals surface area contributed by atoms with E-state index in [0.29, 0.717) is 18.8 Å². The van der Waals surface area contributed by atoms with Gasteiger partial charge in [0.15, 0.2) is 0 Å². The third kappa shape index (κ3) is 4.14. The van der Waals surface area contributed by atoms with Crippen molar-refractivity contribution in [3.8, 4) is 5.69 Å². The molecule has 0 bridgehead atoms. The summed E-state index contributed by atoms with van der Waals surface area (Å²) in [5.41, 5.74) is 1.52. The van der Waals surface area contributed by atoms with E-state index in [1.807, 2.05) is 17.9 Å². The molecule has 0 atom stereocenters. The van der Waals surface area contributed by atoms with Gasteiger partial charge in [-0.3, -0.25) is 9.69 Å². The average molecular weight is 304 g/mol. The number of halogens is 1. The maximum Gasteiger partial charge on any atom is 0.236 e. The molecule has 0 saturated heterocycles. The van der Waals surface area contributed by atoms with Crippen LogP contribution >= 0.6 is 0 Å². The fourth-order valence-corrected chi connectivity index (χ4v) is 2.05. The van der Waals surface area contributed by atoms with Crippen molar-refractivity contribution in [3.05, 3.63) is 48.0 Å². The van der Waals surface area contributed by atoms with Crippen LogP contribution in [0.4, 0.5) is 4.39 Å². The highest BCUT2D eigenvalue weighted by Crippen LogP contribution is 2.10. The van der Waals surface area contributed by atoms with E-state index in [-0.39, 0.29) is 11.7 Å². The normalized spacial score (nSPS) is 11.0. The van der Waals surface area contributed by atoms with E-state index in [4.69, 9.17) is 0 Å². The number of hydrogen-bond donors (Lipinski definition) is 0. The molecule has 0 fully saturated rings. The molecule has 0 aliphatic carbocycles. The lowest BCUT2D eigenvalue weighted by molar-refractivity contribution is -0.130. The van der Waals surface area contributed by atoms with E-state index in [2.05, 4.69) is 5.10 Å². The summed E-state index contributed by atoms with van der Waals surface area (Å²) in [6.45, 7) is 3.70. The van der Waals surface area contributed by atoms with Gasteiger partial charge in [-0.15, -0.1) is 0 Å². The summed E-state index contributed by atoms with van der Waals surface area (Å²) in [6, 6.07) is 8.17. The standard InChI is InChI=1S/C16H21FN4O/c1-4-20(12-16(22)19(2)3)11-14-8-9-21(18-14)15-7-5-6-13(17)10-15/h5-10H,4,11-12H2,1-3H3. The third-order valence-corrected chi connectivity index (χ3v) is 3.41. The Kier molecular flexibility index (Phi) is 5.27. The Balaban J connectivity index is 2.06. The van der Waals surface area contributed by atoms with Crippen molar-refractivity contribution < 1.29 is 9.18 Å². The molecule has 0 saturated carbocycles. The van der Waals surface area contributed by atoms with Gasteiger partial charge >= 0.3 is 0 Å². The zero-order valence-electron chi connectivity index (χ0n) is 13.2. The second-order valence-corrected chi connectivity index (χ2v) is 5.32. The number of hydrogen-bond acceptors (Lipinski definition) is 3. The molecule has 5 nitrogen and oxygen atoms in total. The lowest BCUT2D eigenvalue weighted by Gasteiger charge is -2.20. The molecule has 1 aromatic carbocycles. The van der Waals surface area contributed by atoms with Crippen LogP contribution < -0.4 is 0 Å². The highest BCUT2D eigenvalue weighted by Gasteiger charge is 2.12. The second kappa shape index (κ2) is 7.17. The first-order valence-corrected chi connectivity index (χ1v) is 7.22. The molecular formula is C16H21FN4O.